The second kappa shape index (κ2) is 4.77. The quantitative estimate of drug-likeness (QED) is 0.688. The van der Waals surface area contributed by atoms with Crippen LogP contribution in [0.5, 0.6) is 0 Å². The number of carboxylic acids is 1. The molecule has 80 valence electrons. The molecule has 5 heteroatoms. The van der Waals surface area contributed by atoms with Crippen molar-refractivity contribution in [1.29, 1.82) is 0 Å². The first-order valence-electron chi connectivity index (χ1n) is 4.14. The lowest BCUT2D eigenvalue weighted by molar-refractivity contribution is 0.0692. The van der Waals surface area contributed by atoms with E-state index < -0.39 is 10.8 Å². The number of rotatable bonds is 3. The van der Waals surface area contributed by atoms with Gasteiger partial charge in [-0.1, -0.05) is 27.5 Å². The summed E-state index contributed by atoms with van der Waals surface area (Å²) in [6.07, 6.45) is 0. The lowest BCUT2D eigenvalue weighted by Gasteiger charge is -2.06. The zero-order valence-electron chi connectivity index (χ0n) is 7.83. The van der Waals surface area contributed by atoms with Gasteiger partial charge in [0, 0.05) is 10.6 Å². The highest BCUT2D eigenvalue weighted by Gasteiger charge is 2.19. The molecule has 0 saturated carbocycles. The molecule has 0 aliphatic heterocycles. The number of carbonyl (C=O) groups is 2. The van der Waals surface area contributed by atoms with Crippen molar-refractivity contribution in [2.75, 3.05) is 0 Å². The number of carboxylic acid groups (broad SMARTS) is 1. The van der Waals surface area contributed by atoms with Crippen LogP contribution in [0.25, 0.3) is 0 Å². The van der Waals surface area contributed by atoms with Crippen LogP contribution in [0, 0.1) is 0 Å². The van der Waals surface area contributed by atoms with Gasteiger partial charge in [0.15, 0.2) is 5.78 Å². The molecular formula is C10H8BrClO3. The first-order chi connectivity index (χ1) is 6.93. The third-order valence-corrected chi connectivity index (χ3v) is 2.49. The third kappa shape index (κ3) is 2.79. The van der Waals surface area contributed by atoms with Gasteiger partial charge in [-0.2, -0.15) is 0 Å². The van der Waals surface area contributed by atoms with Gasteiger partial charge in [-0.15, -0.1) is 0 Å². The van der Waals surface area contributed by atoms with Gasteiger partial charge in [0.25, 0.3) is 0 Å². The van der Waals surface area contributed by atoms with Crippen LogP contribution in [0.2, 0.25) is 5.02 Å². The Morgan fingerprint density at radius 3 is 2.47 bits per heavy atom. The van der Waals surface area contributed by atoms with Crippen molar-refractivity contribution in [2.45, 2.75) is 11.8 Å². The van der Waals surface area contributed by atoms with Gasteiger partial charge in [0.2, 0.25) is 0 Å². The first-order valence-corrected chi connectivity index (χ1v) is 5.44. The Morgan fingerprint density at radius 1 is 1.40 bits per heavy atom. The minimum absolute atomic E-state index is 0.0706. The topological polar surface area (TPSA) is 54.4 Å². The van der Waals surface area contributed by atoms with Gasteiger partial charge in [0.05, 0.1) is 10.4 Å². The van der Waals surface area contributed by atoms with Crippen LogP contribution < -0.4 is 0 Å². The van der Waals surface area contributed by atoms with Crippen molar-refractivity contribution >= 4 is 39.3 Å². The van der Waals surface area contributed by atoms with E-state index in [4.69, 9.17) is 16.7 Å². The Labute approximate surface area is 100 Å². The molecule has 1 atom stereocenters. The zero-order valence-corrected chi connectivity index (χ0v) is 10.2. The number of ketones is 1. The molecule has 1 rings (SSSR count). The monoisotopic (exact) mass is 290 g/mol. The van der Waals surface area contributed by atoms with Crippen molar-refractivity contribution in [3.05, 3.63) is 34.3 Å². The molecule has 0 aromatic heterocycles. The Kier molecular flexibility index (Phi) is 3.88. The zero-order chi connectivity index (χ0) is 11.6. The molecular weight excluding hydrogens is 283 g/mol. The molecule has 15 heavy (non-hydrogen) atoms. The summed E-state index contributed by atoms with van der Waals surface area (Å²) in [7, 11) is 0. The van der Waals surface area contributed by atoms with Gasteiger partial charge in [0.1, 0.15) is 0 Å². The number of hydrogen-bond acceptors (Lipinski definition) is 2. The van der Waals surface area contributed by atoms with Crippen molar-refractivity contribution < 1.29 is 14.7 Å². The summed E-state index contributed by atoms with van der Waals surface area (Å²) in [5.74, 6) is -1.43. The summed E-state index contributed by atoms with van der Waals surface area (Å²) in [5, 5.41) is 9.19. The molecule has 0 fully saturated rings. The number of alkyl halides is 1. The highest BCUT2D eigenvalue weighted by Crippen LogP contribution is 2.19. The van der Waals surface area contributed by atoms with Gasteiger partial charge < -0.3 is 5.11 Å². The highest BCUT2D eigenvalue weighted by molar-refractivity contribution is 9.10. The van der Waals surface area contributed by atoms with Crippen LogP contribution in [0.3, 0.4) is 0 Å². The molecule has 0 aliphatic rings. The molecule has 0 aliphatic carbocycles. The molecule has 1 aromatic carbocycles. The maximum absolute atomic E-state index is 11.6. The summed E-state index contributed by atoms with van der Waals surface area (Å²) in [6.45, 7) is 1.64. The number of carbonyl (C=O) groups excluding carboxylic acids is 1. The van der Waals surface area contributed by atoms with Gasteiger partial charge in [-0.05, 0) is 25.1 Å². The molecule has 3 nitrogen and oxygen atoms in total. The average Bonchev–Trinajstić information content (AvgIpc) is 2.16. The van der Waals surface area contributed by atoms with Crippen molar-refractivity contribution in [2.24, 2.45) is 0 Å². The van der Waals surface area contributed by atoms with E-state index in [1.54, 1.807) is 6.92 Å². The summed E-state index contributed by atoms with van der Waals surface area (Å²) >= 11 is 8.76. The predicted octanol–water partition coefficient (Wildman–Crippen LogP) is 3.00. The van der Waals surface area contributed by atoms with E-state index in [0.29, 0.717) is 5.02 Å². The summed E-state index contributed by atoms with van der Waals surface area (Å²) in [5.41, 5.74) is 0.0927. The number of Topliss-reactive ketones (excluding diaryl/α,β-unsaturated/α-hetero) is 1. The van der Waals surface area contributed by atoms with Crippen LogP contribution in [-0.4, -0.2) is 21.7 Å². The van der Waals surface area contributed by atoms with Crippen molar-refractivity contribution in [1.82, 2.24) is 0 Å². The minimum Gasteiger partial charge on any atom is -0.478 e. The van der Waals surface area contributed by atoms with E-state index in [1.807, 2.05) is 0 Å². The maximum Gasteiger partial charge on any atom is 0.336 e. The van der Waals surface area contributed by atoms with Crippen LogP contribution >= 0.6 is 27.5 Å². The molecule has 0 amide bonds. The second-order valence-corrected chi connectivity index (χ2v) is 4.79. The van der Waals surface area contributed by atoms with Gasteiger partial charge >= 0.3 is 5.97 Å². The Morgan fingerprint density at radius 2 is 2.00 bits per heavy atom. The molecule has 1 unspecified atom stereocenters. The van der Waals surface area contributed by atoms with Gasteiger partial charge in [-0.25, -0.2) is 4.79 Å². The van der Waals surface area contributed by atoms with E-state index in [0.717, 1.165) is 0 Å². The van der Waals surface area contributed by atoms with E-state index in [1.165, 1.54) is 18.2 Å². The molecule has 0 spiro atoms. The second-order valence-electron chi connectivity index (χ2n) is 2.98. The number of benzene rings is 1. The van der Waals surface area contributed by atoms with E-state index >= 15 is 0 Å². The van der Waals surface area contributed by atoms with E-state index in [2.05, 4.69) is 15.9 Å². The molecule has 0 bridgehead atoms. The SMILES string of the molecule is CC(Br)C(=O)c1ccc(Cl)cc1C(=O)O. The van der Waals surface area contributed by atoms with E-state index in [-0.39, 0.29) is 16.9 Å². The molecule has 0 radical (unpaired) electrons. The Balaban J connectivity index is 3.29. The average molecular weight is 292 g/mol. The van der Waals surface area contributed by atoms with Crippen LogP contribution in [-0.2, 0) is 0 Å². The maximum atomic E-state index is 11.6. The fourth-order valence-corrected chi connectivity index (χ4v) is 1.54. The fraction of sp³-hybridized carbons (Fsp3) is 0.200. The fourth-order valence-electron chi connectivity index (χ4n) is 1.12. The lowest BCUT2D eigenvalue weighted by atomic mass is 10.0. The number of halogens is 2. The summed E-state index contributed by atoms with van der Waals surface area (Å²) < 4.78 is 0. The normalized spacial score (nSPS) is 12.2. The summed E-state index contributed by atoms with van der Waals surface area (Å²) in [6, 6.07) is 4.19. The number of hydrogen-bond donors (Lipinski definition) is 1. The molecule has 0 saturated heterocycles. The Bertz CT molecular complexity index is 415. The molecule has 1 N–H and O–H groups in total. The van der Waals surface area contributed by atoms with Crippen LogP contribution in [0.4, 0.5) is 0 Å². The van der Waals surface area contributed by atoms with Crippen molar-refractivity contribution in [3.8, 4) is 0 Å². The van der Waals surface area contributed by atoms with Crippen LogP contribution in [0.15, 0.2) is 18.2 Å². The van der Waals surface area contributed by atoms with Crippen molar-refractivity contribution in [3.63, 3.8) is 0 Å². The van der Waals surface area contributed by atoms with Crippen LogP contribution in [0.1, 0.15) is 27.6 Å². The molecule has 1 aromatic rings. The molecule has 0 heterocycles. The first kappa shape index (κ1) is 12.2. The highest BCUT2D eigenvalue weighted by atomic mass is 79.9. The lowest BCUT2D eigenvalue weighted by Crippen LogP contribution is -2.15. The summed E-state index contributed by atoms with van der Waals surface area (Å²) in [4.78, 5) is 22.1. The standard InChI is InChI=1S/C10H8BrClO3/c1-5(11)9(13)7-3-2-6(12)4-8(7)10(14)15/h2-5H,1H3,(H,14,15). The van der Waals surface area contributed by atoms with E-state index in [9.17, 15) is 9.59 Å². The largest absolute Gasteiger partial charge is 0.478 e. The minimum atomic E-state index is -1.16. The number of aromatic carboxylic acids is 1. The van der Waals surface area contributed by atoms with Gasteiger partial charge in [-0.3, -0.25) is 4.79 Å². The Hall–Kier alpha value is -0.870. The third-order valence-electron chi connectivity index (χ3n) is 1.84. The predicted molar refractivity (Wildman–Crippen MR) is 61.1 cm³/mol. The smallest absolute Gasteiger partial charge is 0.336 e.